The average Bonchev–Trinajstić information content (AvgIpc) is 2.50. The van der Waals surface area contributed by atoms with E-state index in [1.54, 1.807) is 7.11 Å². The summed E-state index contributed by atoms with van der Waals surface area (Å²) in [6.07, 6.45) is 0. The second-order valence-corrected chi connectivity index (χ2v) is 2.88. The van der Waals surface area contributed by atoms with Crippen LogP contribution in [0.5, 0.6) is 5.88 Å². The van der Waals surface area contributed by atoms with Gasteiger partial charge in [-0.1, -0.05) is 0 Å². The molecule has 1 heterocycles. The van der Waals surface area contributed by atoms with Crippen molar-refractivity contribution in [3.05, 3.63) is 5.69 Å². The fourth-order valence-corrected chi connectivity index (χ4v) is 1.13. The van der Waals surface area contributed by atoms with Crippen LogP contribution in [-0.4, -0.2) is 37.1 Å². The number of aromatic nitrogens is 2. The van der Waals surface area contributed by atoms with Crippen LogP contribution in [0.2, 0.25) is 0 Å². The summed E-state index contributed by atoms with van der Waals surface area (Å²) < 4.78 is 10.3. The van der Waals surface area contributed by atoms with Crippen LogP contribution < -0.4 is 10.1 Å². The quantitative estimate of drug-likeness (QED) is 0.675. The van der Waals surface area contributed by atoms with Gasteiger partial charge in [0.15, 0.2) is 0 Å². The Kier molecular flexibility index (Phi) is 4.25. The molecule has 0 aliphatic carbocycles. The van der Waals surface area contributed by atoms with Crippen molar-refractivity contribution >= 4 is 5.69 Å². The zero-order chi connectivity index (χ0) is 10.4. The molecule has 5 heteroatoms. The lowest BCUT2D eigenvalue weighted by molar-refractivity contribution is 0.210. The summed E-state index contributed by atoms with van der Waals surface area (Å²) in [5, 5.41) is 10.1. The zero-order valence-electron chi connectivity index (χ0n) is 8.89. The summed E-state index contributed by atoms with van der Waals surface area (Å²) in [5.74, 6) is 0.626. The minimum absolute atomic E-state index is 0.614. The molecular weight excluding hydrogens is 182 g/mol. The molecule has 2 N–H and O–H groups in total. The van der Waals surface area contributed by atoms with E-state index in [4.69, 9.17) is 9.47 Å². The van der Waals surface area contributed by atoms with Gasteiger partial charge in [0.25, 0.3) is 5.88 Å². The van der Waals surface area contributed by atoms with E-state index in [-0.39, 0.29) is 0 Å². The van der Waals surface area contributed by atoms with Gasteiger partial charge in [-0.2, -0.15) is 0 Å². The van der Waals surface area contributed by atoms with Gasteiger partial charge in [-0.15, -0.1) is 5.10 Å². The lowest BCUT2D eigenvalue weighted by atomic mass is 10.4. The van der Waals surface area contributed by atoms with E-state index in [1.807, 2.05) is 13.8 Å². The summed E-state index contributed by atoms with van der Waals surface area (Å²) >= 11 is 0. The van der Waals surface area contributed by atoms with Gasteiger partial charge in [0.2, 0.25) is 0 Å². The Morgan fingerprint density at radius 1 is 1.50 bits per heavy atom. The molecule has 14 heavy (non-hydrogen) atoms. The number of hydrogen-bond donors (Lipinski definition) is 2. The van der Waals surface area contributed by atoms with Gasteiger partial charge in [-0.3, -0.25) is 5.10 Å². The highest BCUT2D eigenvalue weighted by molar-refractivity contribution is 5.56. The topological polar surface area (TPSA) is 59.2 Å². The van der Waals surface area contributed by atoms with Crippen LogP contribution >= 0.6 is 0 Å². The molecule has 80 valence electrons. The molecule has 0 atom stereocenters. The van der Waals surface area contributed by atoms with Gasteiger partial charge in [-0.25, -0.2) is 0 Å². The summed E-state index contributed by atoms with van der Waals surface area (Å²) in [6.45, 7) is 5.91. The maximum atomic E-state index is 5.34. The molecule has 0 amide bonds. The third kappa shape index (κ3) is 2.63. The van der Waals surface area contributed by atoms with Gasteiger partial charge in [0.05, 0.1) is 18.9 Å². The first-order valence-electron chi connectivity index (χ1n) is 4.70. The van der Waals surface area contributed by atoms with E-state index in [9.17, 15) is 0 Å². The van der Waals surface area contributed by atoms with Crippen LogP contribution in [0.1, 0.15) is 12.6 Å². The van der Waals surface area contributed by atoms with Crippen LogP contribution in [0.3, 0.4) is 0 Å². The molecule has 0 saturated carbocycles. The molecule has 0 unspecified atom stereocenters. The zero-order valence-corrected chi connectivity index (χ0v) is 8.89. The number of nitrogens with zero attached hydrogens (tertiary/aromatic N) is 1. The van der Waals surface area contributed by atoms with Gasteiger partial charge >= 0.3 is 0 Å². The first-order chi connectivity index (χ1) is 6.79. The highest BCUT2D eigenvalue weighted by Crippen LogP contribution is 2.24. The van der Waals surface area contributed by atoms with Crippen molar-refractivity contribution in [1.29, 1.82) is 0 Å². The second kappa shape index (κ2) is 5.49. The van der Waals surface area contributed by atoms with Crippen molar-refractivity contribution in [3.8, 4) is 5.88 Å². The Morgan fingerprint density at radius 3 is 2.93 bits per heavy atom. The molecule has 0 saturated heterocycles. The molecule has 0 spiro atoms. The fourth-order valence-electron chi connectivity index (χ4n) is 1.13. The number of ether oxygens (including phenoxy) is 2. The average molecular weight is 199 g/mol. The highest BCUT2D eigenvalue weighted by atomic mass is 16.5. The molecule has 0 aliphatic rings. The molecule has 0 aliphatic heterocycles. The number of hydrogen-bond acceptors (Lipinski definition) is 4. The summed E-state index contributed by atoms with van der Waals surface area (Å²) in [4.78, 5) is 0. The molecule has 0 radical (unpaired) electrons. The molecule has 5 nitrogen and oxygen atoms in total. The standard InChI is InChI=1S/C9H17N3O2/c1-4-14-9-8(7(2)11-12-9)10-5-6-13-3/h10H,4-6H2,1-3H3,(H,11,12). The van der Waals surface area contributed by atoms with E-state index in [1.165, 1.54) is 0 Å². The third-order valence-electron chi connectivity index (χ3n) is 1.80. The van der Waals surface area contributed by atoms with Crippen molar-refractivity contribution < 1.29 is 9.47 Å². The molecular formula is C9H17N3O2. The number of aromatic amines is 1. The second-order valence-electron chi connectivity index (χ2n) is 2.88. The van der Waals surface area contributed by atoms with Crippen LogP contribution in [0, 0.1) is 6.92 Å². The van der Waals surface area contributed by atoms with Gasteiger partial charge in [0.1, 0.15) is 5.69 Å². The maximum absolute atomic E-state index is 5.34. The van der Waals surface area contributed by atoms with Crippen molar-refractivity contribution in [2.24, 2.45) is 0 Å². The SMILES string of the molecule is CCOc1n[nH]c(C)c1NCCOC. The predicted molar refractivity (Wildman–Crippen MR) is 54.9 cm³/mol. The lowest BCUT2D eigenvalue weighted by Gasteiger charge is -2.06. The van der Waals surface area contributed by atoms with Crippen molar-refractivity contribution in [2.75, 3.05) is 32.2 Å². The fraction of sp³-hybridized carbons (Fsp3) is 0.667. The van der Waals surface area contributed by atoms with Gasteiger partial charge < -0.3 is 14.8 Å². The Bertz CT molecular complexity index is 273. The van der Waals surface area contributed by atoms with E-state index < -0.39 is 0 Å². The van der Waals surface area contributed by atoms with E-state index in [0.717, 1.165) is 17.9 Å². The lowest BCUT2D eigenvalue weighted by Crippen LogP contribution is -2.09. The first-order valence-corrected chi connectivity index (χ1v) is 4.70. The number of H-pyrrole nitrogens is 1. The Morgan fingerprint density at radius 2 is 2.29 bits per heavy atom. The monoisotopic (exact) mass is 199 g/mol. The van der Waals surface area contributed by atoms with Gasteiger partial charge in [-0.05, 0) is 13.8 Å². The molecule has 0 bridgehead atoms. The van der Waals surface area contributed by atoms with Crippen molar-refractivity contribution in [3.63, 3.8) is 0 Å². The minimum atomic E-state index is 0.614. The molecule has 1 aromatic rings. The van der Waals surface area contributed by atoms with Crippen LogP contribution in [0.15, 0.2) is 0 Å². The number of aryl methyl sites for hydroxylation is 1. The number of nitrogens with one attached hydrogen (secondary N) is 2. The summed E-state index contributed by atoms with van der Waals surface area (Å²) in [5.41, 5.74) is 1.90. The third-order valence-corrected chi connectivity index (χ3v) is 1.80. The number of methoxy groups -OCH3 is 1. The Hall–Kier alpha value is -1.23. The van der Waals surface area contributed by atoms with Crippen LogP contribution in [0.4, 0.5) is 5.69 Å². The largest absolute Gasteiger partial charge is 0.475 e. The Labute approximate surface area is 83.8 Å². The van der Waals surface area contributed by atoms with E-state index in [0.29, 0.717) is 19.1 Å². The van der Waals surface area contributed by atoms with Gasteiger partial charge in [0, 0.05) is 13.7 Å². The Balaban J connectivity index is 2.57. The molecule has 1 aromatic heterocycles. The summed E-state index contributed by atoms with van der Waals surface area (Å²) in [6, 6.07) is 0. The smallest absolute Gasteiger partial charge is 0.256 e. The molecule has 1 rings (SSSR count). The maximum Gasteiger partial charge on any atom is 0.256 e. The number of anilines is 1. The number of rotatable bonds is 6. The summed E-state index contributed by atoms with van der Waals surface area (Å²) in [7, 11) is 1.67. The van der Waals surface area contributed by atoms with Crippen LogP contribution in [0.25, 0.3) is 0 Å². The highest BCUT2D eigenvalue weighted by Gasteiger charge is 2.09. The predicted octanol–water partition coefficient (Wildman–Crippen LogP) is 1.18. The molecule has 0 fully saturated rings. The van der Waals surface area contributed by atoms with Crippen molar-refractivity contribution in [1.82, 2.24) is 10.2 Å². The van der Waals surface area contributed by atoms with Crippen molar-refractivity contribution in [2.45, 2.75) is 13.8 Å². The van der Waals surface area contributed by atoms with Crippen LogP contribution in [-0.2, 0) is 4.74 Å². The normalized spacial score (nSPS) is 10.2. The first kappa shape index (κ1) is 10.8. The van der Waals surface area contributed by atoms with E-state index in [2.05, 4.69) is 15.5 Å². The molecule has 0 aromatic carbocycles. The minimum Gasteiger partial charge on any atom is -0.475 e. The van der Waals surface area contributed by atoms with E-state index >= 15 is 0 Å².